The third kappa shape index (κ3) is 5.04. The maximum absolute atomic E-state index is 13.4. The Morgan fingerprint density at radius 1 is 0.944 bits per heavy atom. The van der Waals surface area contributed by atoms with Crippen LogP contribution in [-0.4, -0.2) is 40.7 Å². The first-order chi connectivity index (χ1) is 17.0. The minimum absolute atomic E-state index is 0.293. The molecular formula is C28H31BN4O3. The van der Waals surface area contributed by atoms with Gasteiger partial charge in [0, 0.05) is 11.1 Å². The Kier molecular flexibility index (Phi) is 6.74. The molecule has 36 heavy (non-hydrogen) atoms. The zero-order valence-corrected chi connectivity index (χ0v) is 21.5. The van der Waals surface area contributed by atoms with Crippen LogP contribution in [0.15, 0.2) is 65.8 Å². The van der Waals surface area contributed by atoms with E-state index in [1.54, 1.807) is 24.4 Å². The number of carbonyl (C=O) groups is 2. The molecule has 1 aliphatic rings. The van der Waals surface area contributed by atoms with Gasteiger partial charge in [-0.15, -0.1) is 0 Å². The van der Waals surface area contributed by atoms with E-state index in [1.807, 2.05) is 84.0 Å². The third-order valence-electron chi connectivity index (χ3n) is 6.10. The molecule has 0 atom stereocenters. The second kappa shape index (κ2) is 9.62. The molecule has 4 rings (SSSR count). The molecule has 0 saturated heterocycles. The molecular weight excluding hydrogens is 451 g/mol. The summed E-state index contributed by atoms with van der Waals surface area (Å²) in [6.07, 6.45) is 1.67. The van der Waals surface area contributed by atoms with Crippen LogP contribution in [0.1, 0.15) is 63.7 Å². The number of carbonyl (C=O) groups excluding carboxylic acids is 2. The van der Waals surface area contributed by atoms with Crippen LogP contribution in [-0.2, 0) is 0 Å². The minimum Gasteiger partial charge on any atom is -0.427 e. The molecule has 1 aliphatic heterocycles. The van der Waals surface area contributed by atoms with Crippen LogP contribution in [0.5, 0.6) is 0 Å². The first-order valence-electron chi connectivity index (χ1n) is 11.9. The normalized spacial score (nSPS) is 12.9. The molecule has 0 saturated carbocycles. The van der Waals surface area contributed by atoms with Gasteiger partial charge in [-0.3, -0.25) is 19.9 Å². The number of hydrogen-bond acceptors (Lipinski definition) is 5. The van der Waals surface area contributed by atoms with Crippen LogP contribution in [0.2, 0.25) is 0 Å². The number of amides is 2. The fourth-order valence-corrected chi connectivity index (χ4v) is 4.31. The number of benzene rings is 3. The largest absolute Gasteiger partial charge is 0.471 e. The van der Waals surface area contributed by atoms with Gasteiger partial charge < -0.3 is 5.02 Å². The monoisotopic (exact) mass is 482 g/mol. The van der Waals surface area contributed by atoms with Crippen molar-refractivity contribution in [1.82, 2.24) is 10.4 Å². The summed E-state index contributed by atoms with van der Waals surface area (Å²) in [4.78, 5) is 28.3. The van der Waals surface area contributed by atoms with Crippen LogP contribution in [0.25, 0.3) is 0 Å². The molecule has 3 aromatic rings. The van der Waals surface area contributed by atoms with Crippen LogP contribution in [0, 0.1) is 20.8 Å². The summed E-state index contributed by atoms with van der Waals surface area (Å²) in [5.74, 6) is -0.735. The highest BCUT2D eigenvalue weighted by molar-refractivity contribution is 6.71. The molecule has 0 radical (unpaired) electrons. The summed E-state index contributed by atoms with van der Waals surface area (Å²) >= 11 is 0. The van der Waals surface area contributed by atoms with E-state index in [9.17, 15) is 14.6 Å². The van der Waals surface area contributed by atoms with Crippen molar-refractivity contribution in [2.24, 2.45) is 5.10 Å². The van der Waals surface area contributed by atoms with E-state index in [-0.39, 0.29) is 5.91 Å². The number of hydrogen-bond donors (Lipinski definition) is 2. The Morgan fingerprint density at radius 2 is 1.61 bits per heavy atom. The highest BCUT2D eigenvalue weighted by Crippen LogP contribution is 2.23. The van der Waals surface area contributed by atoms with Crippen molar-refractivity contribution in [3.05, 3.63) is 94.0 Å². The highest BCUT2D eigenvalue weighted by atomic mass is 16.2. The number of anilines is 1. The van der Waals surface area contributed by atoms with Crippen molar-refractivity contribution >= 4 is 36.2 Å². The predicted molar refractivity (Wildman–Crippen MR) is 145 cm³/mol. The van der Waals surface area contributed by atoms with Crippen molar-refractivity contribution in [3.63, 3.8) is 0 Å². The molecule has 3 aromatic carbocycles. The Labute approximate surface area is 212 Å². The molecule has 0 bridgehead atoms. The number of rotatable bonds is 3. The lowest BCUT2D eigenvalue weighted by molar-refractivity contribution is 0.0358. The fraction of sp³-hybridized carbons (Fsp3) is 0.250. The molecule has 2 N–H and O–H groups in total. The zero-order chi connectivity index (χ0) is 26.2. The Hall–Kier alpha value is -3.91. The van der Waals surface area contributed by atoms with Crippen molar-refractivity contribution < 1.29 is 14.6 Å². The van der Waals surface area contributed by atoms with Gasteiger partial charge in [-0.25, -0.2) is 5.01 Å². The van der Waals surface area contributed by atoms with Gasteiger partial charge in [0.05, 0.1) is 17.4 Å². The van der Waals surface area contributed by atoms with Crippen molar-refractivity contribution in [2.75, 3.05) is 4.92 Å². The summed E-state index contributed by atoms with van der Waals surface area (Å²) in [5, 5.41) is 16.9. The highest BCUT2D eigenvalue weighted by Gasteiger charge is 2.33. The molecule has 0 fully saturated rings. The summed E-state index contributed by atoms with van der Waals surface area (Å²) < 4.78 is 0. The number of nitrogens with one attached hydrogen (secondary N) is 1. The lowest BCUT2D eigenvalue weighted by Gasteiger charge is -2.35. The second-order valence-corrected chi connectivity index (χ2v) is 10.2. The number of para-hydroxylation sites is 1. The lowest BCUT2D eigenvalue weighted by Crippen LogP contribution is -2.56. The van der Waals surface area contributed by atoms with Crippen molar-refractivity contribution in [2.45, 2.75) is 47.1 Å². The lowest BCUT2D eigenvalue weighted by atomic mass is 9.68. The third-order valence-corrected chi connectivity index (χ3v) is 6.10. The average Bonchev–Trinajstić information content (AvgIpc) is 2.81. The standard InChI is InChI=1S/C28H31BN4O3/c1-18-13-19(2)15-23(14-18)27(35)32(28(4,5)6)31-26(34)21-11-12-22-17-30-33(29(36)24(22)16-21)25-10-8-7-9-20(25)3/h7-17,36H,1-6H3,(H,31,34). The van der Waals surface area contributed by atoms with Crippen LogP contribution in [0.3, 0.4) is 0 Å². The summed E-state index contributed by atoms with van der Waals surface area (Å²) in [5.41, 5.74) is 7.94. The Bertz CT molecular complexity index is 1340. The molecule has 2 amide bonds. The number of hydrazone groups is 1. The Balaban J connectivity index is 1.62. The predicted octanol–water partition coefficient (Wildman–Crippen LogP) is 3.74. The van der Waals surface area contributed by atoms with E-state index >= 15 is 0 Å². The quantitative estimate of drug-likeness (QED) is 0.440. The van der Waals surface area contributed by atoms with E-state index in [0.29, 0.717) is 16.6 Å². The minimum atomic E-state index is -1.06. The summed E-state index contributed by atoms with van der Waals surface area (Å²) in [7, 11) is -1.06. The van der Waals surface area contributed by atoms with Gasteiger partial charge in [0.2, 0.25) is 0 Å². The maximum Gasteiger partial charge on any atom is 0.471 e. The number of fused-ring (bicyclic) bond motifs is 1. The topological polar surface area (TPSA) is 85.2 Å². The van der Waals surface area contributed by atoms with Crippen LogP contribution < -0.4 is 15.8 Å². The Morgan fingerprint density at radius 3 is 2.25 bits per heavy atom. The van der Waals surface area contributed by atoms with Crippen LogP contribution >= 0.6 is 0 Å². The smallest absolute Gasteiger partial charge is 0.427 e. The molecule has 1 heterocycles. The zero-order valence-electron chi connectivity index (χ0n) is 21.5. The summed E-state index contributed by atoms with van der Waals surface area (Å²) in [6, 6.07) is 18.3. The number of nitrogens with zero attached hydrogens (tertiary/aromatic N) is 3. The van der Waals surface area contributed by atoms with Gasteiger partial charge in [-0.2, -0.15) is 5.10 Å². The van der Waals surface area contributed by atoms with Crippen molar-refractivity contribution in [1.29, 1.82) is 0 Å². The van der Waals surface area contributed by atoms with E-state index in [1.165, 1.54) is 9.93 Å². The van der Waals surface area contributed by atoms with E-state index in [4.69, 9.17) is 0 Å². The van der Waals surface area contributed by atoms with E-state index in [2.05, 4.69) is 10.5 Å². The van der Waals surface area contributed by atoms with Gasteiger partial charge >= 0.3 is 7.05 Å². The number of hydrazine groups is 1. The molecule has 8 heteroatoms. The second-order valence-electron chi connectivity index (χ2n) is 10.2. The van der Waals surface area contributed by atoms with E-state index < -0.39 is 18.5 Å². The molecule has 7 nitrogen and oxygen atoms in total. The first-order valence-corrected chi connectivity index (χ1v) is 11.9. The van der Waals surface area contributed by atoms with Gasteiger partial charge in [0.1, 0.15) is 0 Å². The molecule has 0 aromatic heterocycles. The SMILES string of the molecule is Cc1cc(C)cc(C(=O)N(NC(=O)c2ccc3c(c2)B(O)N(c2ccccc2C)N=C3)C(C)(C)C)c1. The van der Waals surface area contributed by atoms with Gasteiger partial charge in [-0.05, 0) is 88.5 Å². The number of aryl methyl sites for hydroxylation is 3. The van der Waals surface area contributed by atoms with Gasteiger partial charge in [-0.1, -0.05) is 41.5 Å². The molecule has 0 aliphatic carbocycles. The maximum atomic E-state index is 13.4. The van der Waals surface area contributed by atoms with Gasteiger partial charge in [0.25, 0.3) is 11.8 Å². The van der Waals surface area contributed by atoms with Gasteiger partial charge in [0.15, 0.2) is 0 Å². The fourth-order valence-electron chi connectivity index (χ4n) is 4.31. The molecule has 184 valence electrons. The molecule has 0 unspecified atom stereocenters. The van der Waals surface area contributed by atoms with Crippen molar-refractivity contribution in [3.8, 4) is 0 Å². The first kappa shape index (κ1) is 25.2. The van der Waals surface area contributed by atoms with E-state index in [0.717, 1.165) is 27.9 Å². The van der Waals surface area contributed by atoms with Crippen LogP contribution in [0.4, 0.5) is 5.69 Å². The summed E-state index contributed by atoms with van der Waals surface area (Å²) in [6.45, 7) is 11.4. The molecule has 0 spiro atoms. The average molecular weight is 482 g/mol.